The number of ether oxygens (including phenoxy) is 1. The lowest BCUT2D eigenvalue weighted by Crippen LogP contribution is -2.31. The lowest BCUT2D eigenvalue weighted by Gasteiger charge is -2.15. The van der Waals surface area contributed by atoms with E-state index < -0.39 is 11.8 Å². The zero-order valence-electron chi connectivity index (χ0n) is 11.0. The number of carbonyl (C=O) groups is 2. The highest BCUT2D eigenvalue weighted by Crippen LogP contribution is 2.37. The second-order valence-electron chi connectivity index (χ2n) is 4.31. The fourth-order valence-electron chi connectivity index (χ4n) is 2.12. The number of amides is 2. The first kappa shape index (κ1) is 13.9. The minimum atomic E-state index is -0.515. The van der Waals surface area contributed by atoms with Crippen molar-refractivity contribution in [3.63, 3.8) is 0 Å². The summed E-state index contributed by atoms with van der Waals surface area (Å²) in [5.74, 6) is -0.368. The second-order valence-corrected chi connectivity index (χ2v) is 5.64. The lowest BCUT2D eigenvalue weighted by atomic mass is 10.2. The molecule has 0 saturated heterocycles. The van der Waals surface area contributed by atoms with Crippen molar-refractivity contribution >= 4 is 46.0 Å². The van der Waals surface area contributed by atoms with Crippen molar-refractivity contribution in [1.29, 1.82) is 0 Å². The van der Waals surface area contributed by atoms with Gasteiger partial charge in [0.05, 0.1) is 18.4 Å². The molecule has 0 radical (unpaired) electrons. The Balaban J connectivity index is 2.04. The fraction of sp³-hybridized carbons (Fsp3) is 0.0667. The van der Waals surface area contributed by atoms with Crippen LogP contribution < -0.4 is 9.64 Å². The number of thiophene rings is 1. The minimum Gasteiger partial charge on any atom is -0.497 e. The van der Waals surface area contributed by atoms with Crippen LogP contribution in [-0.2, 0) is 9.59 Å². The van der Waals surface area contributed by atoms with Crippen LogP contribution in [0.4, 0.5) is 5.69 Å². The van der Waals surface area contributed by atoms with Crippen molar-refractivity contribution in [1.82, 2.24) is 0 Å². The Morgan fingerprint density at radius 2 is 1.95 bits per heavy atom. The number of nitrogens with zero attached hydrogens (tertiary/aromatic N) is 1. The van der Waals surface area contributed by atoms with Crippen molar-refractivity contribution < 1.29 is 14.3 Å². The summed E-state index contributed by atoms with van der Waals surface area (Å²) in [5.41, 5.74) is 0.688. The van der Waals surface area contributed by atoms with E-state index in [2.05, 4.69) is 0 Å². The van der Waals surface area contributed by atoms with Gasteiger partial charge in [-0.05, 0) is 23.6 Å². The van der Waals surface area contributed by atoms with Crippen molar-refractivity contribution in [3.05, 3.63) is 51.7 Å². The highest BCUT2D eigenvalue weighted by Gasteiger charge is 2.39. The zero-order chi connectivity index (χ0) is 15.0. The summed E-state index contributed by atoms with van der Waals surface area (Å²) in [5, 5.41) is 1.78. The predicted molar refractivity (Wildman–Crippen MR) is 82.6 cm³/mol. The molecule has 1 aliphatic rings. The molecule has 0 spiro atoms. The van der Waals surface area contributed by atoms with Gasteiger partial charge < -0.3 is 4.74 Å². The van der Waals surface area contributed by atoms with E-state index >= 15 is 0 Å². The molecule has 1 aromatic heterocycles. The maximum atomic E-state index is 12.6. The van der Waals surface area contributed by atoms with Crippen LogP contribution in [0, 0.1) is 0 Å². The number of rotatable bonds is 3. The first-order valence-corrected chi connectivity index (χ1v) is 7.35. The van der Waals surface area contributed by atoms with Crippen LogP contribution in [0.2, 0.25) is 0 Å². The first-order chi connectivity index (χ1) is 10.1. The largest absolute Gasteiger partial charge is 0.497 e. The molecule has 1 aliphatic heterocycles. The highest BCUT2D eigenvalue weighted by atomic mass is 35.5. The molecule has 0 atom stereocenters. The Morgan fingerprint density at radius 3 is 2.62 bits per heavy atom. The van der Waals surface area contributed by atoms with E-state index in [1.54, 1.807) is 30.3 Å². The van der Waals surface area contributed by atoms with Gasteiger partial charge in [-0.25, -0.2) is 4.90 Å². The van der Waals surface area contributed by atoms with Gasteiger partial charge in [-0.2, -0.15) is 0 Å². The summed E-state index contributed by atoms with van der Waals surface area (Å²) in [7, 11) is 1.52. The molecule has 0 bridgehead atoms. The van der Waals surface area contributed by atoms with Gasteiger partial charge in [0, 0.05) is 10.9 Å². The summed E-state index contributed by atoms with van der Waals surface area (Å²) >= 11 is 7.44. The van der Waals surface area contributed by atoms with E-state index in [1.807, 2.05) is 11.4 Å². The number of hydrogen-bond acceptors (Lipinski definition) is 4. The third-order valence-electron chi connectivity index (χ3n) is 3.11. The van der Waals surface area contributed by atoms with Crippen molar-refractivity contribution in [3.8, 4) is 5.75 Å². The molecule has 0 fully saturated rings. The SMILES string of the molecule is COc1cccc(N2C(=O)C(Cl)=C(c3cccs3)C2=O)c1. The Morgan fingerprint density at radius 1 is 1.14 bits per heavy atom. The van der Waals surface area contributed by atoms with Gasteiger partial charge >= 0.3 is 0 Å². The quantitative estimate of drug-likeness (QED) is 0.816. The fourth-order valence-corrected chi connectivity index (χ4v) is 3.21. The van der Waals surface area contributed by atoms with E-state index in [-0.39, 0.29) is 10.6 Å². The van der Waals surface area contributed by atoms with Gasteiger partial charge in [0.2, 0.25) is 0 Å². The van der Waals surface area contributed by atoms with Crippen LogP contribution in [0.15, 0.2) is 46.8 Å². The van der Waals surface area contributed by atoms with Crippen LogP contribution >= 0.6 is 22.9 Å². The van der Waals surface area contributed by atoms with Crippen LogP contribution in [-0.4, -0.2) is 18.9 Å². The third-order valence-corrected chi connectivity index (χ3v) is 4.34. The number of anilines is 1. The van der Waals surface area contributed by atoms with Gasteiger partial charge in [-0.3, -0.25) is 9.59 Å². The van der Waals surface area contributed by atoms with E-state index in [9.17, 15) is 9.59 Å². The van der Waals surface area contributed by atoms with Crippen LogP contribution in [0.25, 0.3) is 5.57 Å². The Bertz CT molecular complexity index is 752. The van der Waals surface area contributed by atoms with E-state index in [4.69, 9.17) is 16.3 Å². The smallest absolute Gasteiger partial charge is 0.277 e. The molecule has 0 unspecified atom stereocenters. The molecule has 106 valence electrons. The number of imide groups is 1. The van der Waals surface area contributed by atoms with Crippen LogP contribution in [0.5, 0.6) is 5.75 Å². The summed E-state index contributed by atoms with van der Waals surface area (Å²) < 4.78 is 5.12. The number of methoxy groups -OCH3 is 1. The van der Waals surface area contributed by atoms with Gasteiger partial charge in [0.1, 0.15) is 10.8 Å². The molecule has 2 aromatic rings. The molecule has 2 amide bonds. The molecule has 0 aliphatic carbocycles. The number of hydrogen-bond donors (Lipinski definition) is 0. The number of carbonyl (C=O) groups excluding carboxylic acids is 2. The average Bonchev–Trinajstić information content (AvgIpc) is 3.08. The van der Waals surface area contributed by atoms with E-state index in [0.717, 1.165) is 4.90 Å². The molecule has 0 saturated carbocycles. The van der Waals surface area contributed by atoms with E-state index in [0.29, 0.717) is 16.3 Å². The molecule has 6 heteroatoms. The maximum absolute atomic E-state index is 12.6. The average molecular weight is 320 g/mol. The van der Waals surface area contributed by atoms with Gasteiger partial charge in [-0.15, -0.1) is 11.3 Å². The van der Waals surface area contributed by atoms with Gasteiger partial charge in [0.25, 0.3) is 11.8 Å². The Labute approximate surface area is 130 Å². The molecule has 3 rings (SSSR count). The first-order valence-electron chi connectivity index (χ1n) is 6.10. The monoisotopic (exact) mass is 319 g/mol. The van der Waals surface area contributed by atoms with Gasteiger partial charge in [-0.1, -0.05) is 23.7 Å². The predicted octanol–water partition coefficient (Wildman–Crippen LogP) is 3.28. The van der Waals surface area contributed by atoms with Gasteiger partial charge in [0.15, 0.2) is 0 Å². The van der Waals surface area contributed by atoms with Crippen molar-refractivity contribution in [2.45, 2.75) is 0 Å². The van der Waals surface area contributed by atoms with Crippen LogP contribution in [0.1, 0.15) is 4.88 Å². The normalized spacial score (nSPS) is 15.0. The summed E-state index contributed by atoms with van der Waals surface area (Å²) in [4.78, 5) is 26.6. The zero-order valence-corrected chi connectivity index (χ0v) is 12.6. The molecule has 4 nitrogen and oxygen atoms in total. The molecule has 21 heavy (non-hydrogen) atoms. The topological polar surface area (TPSA) is 46.6 Å². The molecule has 0 N–H and O–H groups in total. The number of benzene rings is 1. The molecule has 1 aromatic carbocycles. The summed E-state index contributed by atoms with van der Waals surface area (Å²) in [6, 6.07) is 10.3. The molecular formula is C15H10ClNO3S. The Hall–Kier alpha value is -2.11. The van der Waals surface area contributed by atoms with E-state index in [1.165, 1.54) is 18.4 Å². The van der Waals surface area contributed by atoms with Crippen molar-refractivity contribution in [2.24, 2.45) is 0 Å². The van der Waals surface area contributed by atoms with Crippen LogP contribution in [0.3, 0.4) is 0 Å². The third kappa shape index (κ3) is 2.24. The number of halogens is 1. The maximum Gasteiger partial charge on any atom is 0.277 e. The van der Waals surface area contributed by atoms with Crippen molar-refractivity contribution in [2.75, 3.05) is 12.0 Å². The Kier molecular flexibility index (Phi) is 3.53. The summed E-state index contributed by atoms with van der Waals surface area (Å²) in [6.45, 7) is 0. The highest BCUT2D eigenvalue weighted by molar-refractivity contribution is 7.11. The second kappa shape index (κ2) is 5.35. The molecule has 2 heterocycles. The molecular weight excluding hydrogens is 310 g/mol. The summed E-state index contributed by atoms with van der Waals surface area (Å²) in [6.07, 6.45) is 0. The lowest BCUT2D eigenvalue weighted by molar-refractivity contribution is -0.119. The standard InChI is InChI=1S/C15H10ClNO3S/c1-20-10-5-2-4-9(8-10)17-14(18)12(13(16)15(17)19)11-6-3-7-21-11/h2-8H,1H3. The minimum absolute atomic E-state index is 0.0507.